The van der Waals surface area contributed by atoms with Gasteiger partial charge in [0.2, 0.25) is 0 Å². The van der Waals surface area contributed by atoms with Gasteiger partial charge < -0.3 is 30.7 Å². The van der Waals surface area contributed by atoms with E-state index in [-0.39, 0.29) is 6.03 Å². The van der Waals surface area contributed by atoms with Crippen molar-refractivity contribution in [1.82, 2.24) is 20.5 Å². The van der Waals surface area contributed by atoms with Crippen LogP contribution in [0.4, 0.5) is 27.8 Å². The van der Waals surface area contributed by atoms with Crippen LogP contribution in [0.5, 0.6) is 11.5 Å². The highest BCUT2D eigenvalue weighted by Gasteiger charge is 2.11. The molecule has 0 aliphatic carbocycles. The first-order valence-electron chi connectivity index (χ1n) is 9.20. The highest BCUT2D eigenvalue weighted by molar-refractivity contribution is 5.91. The molecule has 10 nitrogen and oxygen atoms in total. The number of hydrogen-bond donors (Lipinski definition) is 4. The third-order valence-corrected chi connectivity index (χ3v) is 3.97. The molecule has 0 radical (unpaired) electrons. The fraction of sp³-hybridized carbons (Fsp3) is 0.200. The van der Waals surface area contributed by atoms with Crippen LogP contribution in [0, 0.1) is 0 Å². The van der Waals surface area contributed by atoms with E-state index in [2.05, 4.69) is 36.4 Å². The summed E-state index contributed by atoms with van der Waals surface area (Å²) in [5.41, 5.74) is 1.35. The van der Waals surface area contributed by atoms with Gasteiger partial charge in [0.15, 0.2) is 17.3 Å². The zero-order valence-electron chi connectivity index (χ0n) is 16.7. The summed E-state index contributed by atoms with van der Waals surface area (Å²) in [6, 6.07) is 12.2. The van der Waals surface area contributed by atoms with Gasteiger partial charge in [0, 0.05) is 19.3 Å². The van der Waals surface area contributed by atoms with Gasteiger partial charge in [-0.2, -0.15) is 0 Å². The molecule has 0 saturated carbocycles. The molecule has 0 aliphatic heterocycles. The van der Waals surface area contributed by atoms with Crippen molar-refractivity contribution in [2.75, 3.05) is 43.3 Å². The Bertz CT molecular complexity index is 952. The van der Waals surface area contributed by atoms with Gasteiger partial charge in [0.05, 0.1) is 31.8 Å². The summed E-state index contributed by atoms with van der Waals surface area (Å²) in [6.07, 6.45) is 3.40. The molecule has 0 aliphatic rings. The Kier molecular flexibility index (Phi) is 7.20. The minimum Gasteiger partial charge on any atom is -0.493 e. The lowest BCUT2D eigenvalue weighted by Crippen LogP contribution is -2.32. The van der Waals surface area contributed by atoms with Crippen molar-refractivity contribution in [3.05, 3.63) is 54.9 Å². The fourth-order valence-electron chi connectivity index (χ4n) is 2.60. The summed E-state index contributed by atoms with van der Waals surface area (Å²) in [5.74, 6) is 2.21. The summed E-state index contributed by atoms with van der Waals surface area (Å²) in [6.45, 7) is 0.863. The Hall–Kier alpha value is -4.08. The van der Waals surface area contributed by atoms with E-state index >= 15 is 0 Å². The summed E-state index contributed by atoms with van der Waals surface area (Å²) >= 11 is 0. The number of aromatic nitrogens is 3. The van der Waals surface area contributed by atoms with Gasteiger partial charge in [-0.05, 0) is 36.4 Å². The van der Waals surface area contributed by atoms with E-state index in [1.54, 1.807) is 42.7 Å². The molecule has 3 aromatic rings. The van der Waals surface area contributed by atoms with Crippen molar-refractivity contribution in [2.45, 2.75) is 0 Å². The number of nitrogens with one attached hydrogen (secondary N) is 4. The molecule has 1 aromatic carbocycles. The molecular weight excluding hydrogens is 386 g/mol. The van der Waals surface area contributed by atoms with Crippen LogP contribution < -0.4 is 30.7 Å². The SMILES string of the molecule is COc1cccc(NC(=O)NCCNc2ccc(Nc3cccnc3)nn2)c1OC. The van der Waals surface area contributed by atoms with E-state index in [4.69, 9.17) is 9.47 Å². The lowest BCUT2D eigenvalue weighted by molar-refractivity contribution is 0.252. The molecule has 2 amide bonds. The maximum atomic E-state index is 12.1. The second-order valence-corrected chi connectivity index (χ2v) is 6.02. The molecule has 30 heavy (non-hydrogen) atoms. The number of rotatable bonds is 9. The summed E-state index contributed by atoms with van der Waals surface area (Å²) in [7, 11) is 3.06. The van der Waals surface area contributed by atoms with Gasteiger partial charge in [-0.1, -0.05) is 6.07 Å². The average Bonchev–Trinajstić information content (AvgIpc) is 2.78. The molecule has 10 heteroatoms. The van der Waals surface area contributed by atoms with Crippen LogP contribution in [0.15, 0.2) is 54.9 Å². The minimum atomic E-state index is -0.356. The number of anilines is 4. The number of nitrogens with zero attached hydrogens (tertiary/aromatic N) is 3. The van der Waals surface area contributed by atoms with Crippen molar-refractivity contribution in [3.63, 3.8) is 0 Å². The monoisotopic (exact) mass is 409 g/mol. The topological polar surface area (TPSA) is 122 Å². The Balaban J connectivity index is 1.42. The number of benzene rings is 1. The van der Waals surface area contributed by atoms with Crippen molar-refractivity contribution >= 4 is 29.0 Å². The summed E-state index contributed by atoms with van der Waals surface area (Å²) in [4.78, 5) is 16.2. The van der Waals surface area contributed by atoms with Gasteiger partial charge in [-0.3, -0.25) is 4.98 Å². The third-order valence-electron chi connectivity index (χ3n) is 3.97. The Morgan fingerprint density at radius 1 is 0.967 bits per heavy atom. The zero-order valence-corrected chi connectivity index (χ0v) is 16.7. The van der Waals surface area contributed by atoms with E-state index in [0.29, 0.717) is 41.9 Å². The van der Waals surface area contributed by atoms with Crippen LogP contribution in [0.25, 0.3) is 0 Å². The van der Waals surface area contributed by atoms with E-state index in [1.165, 1.54) is 14.2 Å². The molecule has 0 fully saturated rings. The fourth-order valence-corrected chi connectivity index (χ4v) is 2.60. The maximum Gasteiger partial charge on any atom is 0.319 e. The van der Waals surface area contributed by atoms with E-state index in [9.17, 15) is 4.79 Å². The Morgan fingerprint density at radius 3 is 2.50 bits per heavy atom. The average molecular weight is 409 g/mol. The number of pyridine rings is 1. The number of para-hydroxylation sites is 1. The lowest BCUT2D eigenvalue weighted by atomic mass is 10.2. The molecule has 0 spiro atoms. The number of ether oxygens (including phenoxy) is 2. The van der Waals surface area contributed by atoms with Crippen LogP contribution in [-0.2, 0) is 0 Å². The van der Waals surface area contributed by atoms with Crippen LogP contribution in [0.2, 0.25) is 0 Å². The molecule has 3 rings (SSSR count). The number of hydrogen-bond acceptors (Lipinski definition) is 8. The largest absolute Gasteiger partial charge is 0.493 e. The first-order valence-corrected chi connectivity index (χ1v) is 9.20. The minimum absolute atomic E-state index is 0.356. The molecule has 0 atom stereocenters. The van der Waals surface area contributed by atoms with Crippen LogP contribution in [0.1, 0.15) is 0 Å². The first-order chi connectivity index (χ1) is 14.7. The van der Waals surface area contributed by atoms with Gasteiger partial charge in [0.25, 0.3) is 0 Å². The molecule has 0 unspecified atom stereocenters. The number of methoxy groups -OCH3 is 2. The van der Waals surface area contributed by atoms with E-state index in [1.807, 2.05) is 12.1 Å². The first kappa shape index (κ1) is 20.6. The second-order valence-electron chi connectivity index (χ2n) is 6.02. The molecule has 156 valence electrons. The van der Waals surface area contributed by atoms with E-state index < -0.39 is 0 Å². The van der Waals surface area contributed by atoms with Crippen molar-refractivity contribution in [2.24, 2.45) is 0 Å². The predicted molar refractivity (Wildman–Crippen MR) is 115 cm³/mol. The number of urea groups is 1. The number of amides is 2. The Labute approximate surface area is 174 Å². The molecule has 4 N–H and O–H groups in total. The smallest absolute Gasteiger partial charge is 0.319 e. The second kappa shape index (κ2) is 10.5. The maximum absolute atomic E-state index is 12.1. The van der Waals surface area contributed by atoms with Crippen molar-refractivity contribution in [1.29, 1.82) is 0 Å². The molecule has 0 bridgehead atoms. The molecule has 0 saturated heterocycles. The highest BCUT2D eigenvalue weighted by Crippen LogP contribution is 2.34. The lowest BCUT2D eigenvalue weighted by Gasteiger charge is -2.14. The Morgan fingerprint density at radius 2 is 1.80 bits per heavy atom. The summed E-state index contributed by atoms with van der Waals surface area (Å²) < 4.78 is 10.5. The molecule has 2 heterocycles. The van der Waals surface area contributed by atoms with Gasteiger partial charge in [-0.25, -0.2) is 4.79 Å². The zero-order chi connectivity index (χ0) is 21.2. The van der Waals surface area contributed by atoms with Gasteiger partial charge in [-0.15, -0.1) is 10.2 Å². The number of carbonyl (C=O) groups is 1. The molecule has 2 aromatic heterocycles. The normalized spacial score (nSPS) is 10.1. The van der Waals surface area contributed by atoms with Crippen LogP contribution in [-0.4, -0.2) is 48.5 Å². The quantitative estimate of drug-likeness (QED) is 0.398. The van der Waals surface area contributed by atoms with Crippen molar-refractivity contribution in [3.8, 4) is 11.5 Å². The third kappa shape index (κ3) is 5.71. The highest BCUT2D eigenvalue weighted by atomic mass is 16.5. The number of carbonyl (C=O) groups excluding carboxylic acids is 1. The van der Waals surface area contributed by atoms with Gasteiger partial charge in [0.1, 0.15) is 5.82 Å². The van der Waals surface area contributed by atoms with Crippen molar-refractivity contribution < 1.29 is 14.3 Å². The predicted octanol–water partition coefficient (Wildman–Crippen LogP) is 2.87. The van der Waals surface area contributed by atoms with Gasteiger partial charge >= 0.3 is 6.03 Å². The summed E-state index contributed by atoms with van der Waals surface area (Å²) in [5, 5.41) is 19.9. The molecular formula is C20H23N7O3. The van der Waals surface area contributed by atoms with E-state index in [0.717, 1.165) is 5.69 Å². The standard InChI is InChI=1S/C20H23N7O3/c1-29-16-7-3-6-15(19(16)30-2)25-20(28)23-12-11-22-17-8-9-18(27-26-17)24-14-5-4-10-21-13-14/h3-10,13H,11-12H2,1-2H3,(H,22,26)(H,24,27)(H2,23,25,28). The van der Waals surface area contributed by atoms with Crippen LogP contribution in [0.3, 0.4) is 0 Å². The van der Waals surface area contributed by atoms with Crippen LogP contribution >= 0.6 is 0 Å².